The third kappa shape index (κ3) is 5.56. The number of benzene rings is 2. The highest BCUT2D eigenvalue weighted by Crippen LogP contribution is 2.18. The maximum Gasteiger partial charge on any atom is 0.232 e. The Morgan fingerprint density at radius 1 is 1.12 bits per heavy atom. The molecule has 0 aliphatic carbocycles. The van der Waals surface area contributed by atoms with E-state index < -0.39 is 15.8 Å². The first kappa shape index (κ1) is 19.9. The van der Waals surface area contributed by atoms with Gasteiger partial charge in [0, 0.05) is 6.54 Å². The minimum atomic E-state index is -3.48. The molecule has 2 aromatic rings. The lowest BCUT2D eigenvalue weighted by Crippen LogP contribution is -2.38. The zero-order valence-corrected chi connectivity index (χ0v) is 15.7. The maximum atomic E-state index is 13.6. The van der Waals surface area contributed by atoms with Crippen molar-refractivity contribution in [3.05, 3.63) is 65.5 Å². The van der Waals surface area contributed by atoms with Gasteiger partial charge in [0.2, 0.25) is 15.9 Å². The predicted molar refractivity (Wildman–Crippen MR) is 101 cm³/mol. The molecule has 0 unspecified atom stereocenters. The summed E-state index contributed by atoms with van der Waals surface area (Å²) in [5, 5.41) is 2.64. The van der Waals surface area contributed by atoms with Crippen LogP contribution in [0.2, 0.25) is 0 Å². The van der Waals surface area contributed by atoms with E-state index >= 15 is 0 Å². The summed E-state index contributed by atoms with van der Waals surface area (Å²) >= 11 is 0. The fourth-order valence-corrected chi connectivity index (χ4v) is 3.49. The fraction of sp³-hybridized carbons (Fsp3) is 0.316. The molecule has 0 radical (unpaired) electrons. The number of carbonyl (C=O) groups is 1. The second-order valence-electron chi connectivity index (χ2n) is 5.97. The lowest BCUT2D eigenvalue weighted by Gasteiger charge is -2.22. The van der Waals surface area contributed by atoms with Gasteiger partial charge in [0.15, 0.2) is 0 Å². The monoisotopic (exact) mass is 378 g/mol. The summed E-state index contributed by atoms with van der Waals surface area (Å²) in [6, 6.07) is 13.3. The number of rotatable bonds is 8. The Morgan fingerprint density at radius 2 is 1.77 bits per heavy atom. The van der Waals surface area contributed by atoms with Gasteiger partial charge in [0.05, 0.1) is 24.9 Å². The van der Waals surface area contributed by atoms with Crippen LogP contribution < -0.4 is 9.62 Å². The van der Waals surface area contributed by atoms with E-state index in [2.05, 4.69) is 5.32 Å². The van der Waals surface area contributed by atoms with Crippen LogP contribution in [-0.4, -0.2) is 33.7 Å². The van der Waals surface area contributed by atoms with E-state index in [4.69, 9.17) is 0 Å². The number of sulfonamides is 1. The van der Waals surface area contributed by atoms with Crippen LogP contribution in [0, 0.1) is 5.82 Å². The first-order chi connectivity index (χ1) is 12.3. The van der Waals surface area contributed by atoms with Crippen LogP contribution in [0.25, 0.3) is 0 Å². The molecule has 140 valence electrons. The largest absolute Gasteiger partial charge is 0.354 e. The van der Waals surface area contributed by atoms with Crippen molar-refractivity contribution >= 4 is 21.6 Å². The molecule has 0 aliphatic heterocycles. The Morgan fingerprint density at radius 3 is 2.35 bits per heavy atom. The molecule has 0 aromatic heterocycles. The van der Waals surface area contributed by atoms with Crippen LogP contribution in [0.1, 0.15) is 18.1 Å². The second kappa shape index (κ2) is 8.80. The first-order valence-corrected chi connectivity index (χ1v) is 10.2. The average molecular weight is 378 g/mol. The zero-order chi connectivity index (χ0) is 19.2. The van der Waals surface area contributed by atoms with Gasteiger partial charge in [-0.1, -0.05) is 37.3 Å². The molecule has 1 amide bonds. The number of nitrogens with zero attached hydrogens (tertiary/aromatic N) is 1. The van der Waals surface area contributed by atoms with Crippen LogP contribution in [-0.2, 0) is 27.7 Å². The van der Waals surface area contributed by atoms with Crippen LogP contribution in [0.5, 0.6) is 0 Å². The average Bonchev–Trinajstić information content (AvgIpc) is 2.60. The van der Waals surface area contributed by atoms with Gasteiger partial charge < -0.3 is 5.32 Å². The molecule has 0 saturated heterocycles. The minimum Gasteiger partial charge on any atom is -0.354 e. The van der Waals surface area contributed by atoms with Gasteiger partial charge in [-0.05, 0) is 35.7 Å². The van der Waals surface area contributed by atoms with Gasteiger partial charge >= 0.3 is 0 Å². The van der Waals surface area contributed by atoms with Gasteiger partial charge in [-0.2, -0.15) is 0 Å². The summed E-state index contributed by atoms with van der Waals surface area (Å²) < 4.78 is 38.9. The highest BCUT2D eigenvalue weighted by atomic mass is 32.2. The topological polar surface area (TPSA) is 66.5 Å². The second-order valence-corrected chi connectivity index (χ2v) is 7.88. The van der Waals surface area contributed by atoms with Crippen LogP contribution in [0.3, 0.4) is 0 Å². The first-order valence-electron chi connectivity index (χ1n) is 8.38. The lowest BCUT2D eigenvalue weighted by molar-refractivity contribution is -0.120. The summed E-state index contributed by atoms with van der Waals surface area (Å²) in [6.45, 7) is 2.26. The number of amides is 1. The van der Waals surface area contributed by atoms with Crippen LogP contribution in [0.15, 0.2) is 48.5 Å². The molecule has 5 nitrogen and oxygen atoms in total. The van der Waals surface area contributed by atoms with E-state index in [9.17, 15) is 17.6 Å². The minimum absolute atomic E-state index is 0.0866. The Kier molecular flexibility index (Phi) is 6.74. The number of aryl methyl sites for hydroxylation is 1. The summed E-state index contributed by atoms with van der Waals surface area (Å²) in [6.07, 6.45) is 1.91. The number of carbonyl (C=O) groups excluding carboxylic acids is 1. The summed E-state index contributed by atoms with van der Waals surface area (Å²) in [7, 11) is -3.48. The molecule has 2 aromatic carbocycles. The summed E-state index contributed by atoms with van der Waals surface area (Å²) in [4.78, 5) is 12.0. The van der Waals surface area contributed by atoms with E-state index in [1.807, 2.05) is 19.1 Å². The summed E-state index contributed by atoms with van der Waals surface area (Å²) in [5.41, 5.74) is 1.97. The number of halogens is 1. The summed E-state index contributed by atoms with van der Waals surface area (Å²) in [5.74, 6) is -0.790. The lowest BCUT2D eigenvalue weighted by atomic mass is 10.1. The van der Waals surface area contributed by atoms with Gasteiger partial charge in [-0.15, -0.1) is 0 Å². The quantitative estimate of drug-likeness (QED) is 0.768. The van der Waals surface area contributed by atoms with E-state index in [1.54, 1.807) is 30.3 Å². The molecule has 0 bridgehead atoms. The van der Waals surface area contributed by atoms with E-state index in [0.29, 0.717) is 11.3 Å². The highest BCUT2D eigenvalue weighted by molar-refractivity contribution is 7.92. The molecule has 0 atom stereocenters. The van der Waals surface area contributed by atoms with Crippen molar-refractivity contribution < 1.29 is 17.6 Å². The molecule has 0 aliphatic rings. The molecule has 26 heavy (non-hydrogen) atoms. The van der Waals surface area contributed by atoms with E-state index in [0.717, 1.165) is 18.2 Å². The normalized spacial score (nSPS) is 11.2. The molecule has 1 N–H and O–H groups in total. The number of nitrogens with one attached hydrogen (secondary N) is 1. The van der Waals surface area contributed by atoms with Crippen molar-refractivity contribution in [2.24, 2.45) is 0 Å². The van der Waals surface area contributed by atoms with E-state index in [1.165, 1.54) is 10.4 Å². The molecule has 7 heteroatoms. The molecular formula is C19H23FN2O3S. The molecule has 0 saturated carbocycles. The molecular weight excluding hydrogens is 355 g/mol. The van der Waals surface area contributed by atoms with Crippen molar-refractivity contribution in [3.8, 4) is 0 Å². The Hall–Kier alpha value is -2.41. The van der Waals surface area contributed by atoms with E-state index in [-0.39, 0.29) is 25.4 Å². The third-order valence-corrected chi connectivity index (χ3v) is 5.17. The van der Waals surface area contributed by atoms with Gasteiger partial charge in [-0.25, -0.2) is 12.8 Å². The predicted octanol–water partition coefficient (Wildman–Crippen LogP) is 2.51. The highest BCUT2D eigenvalue weighted by Gasteiger charge is 2.17. The smallest absolute Gasteiger partial charge is 0.232 e. The maximum absolute atomic E-state index is 13.6. The van der Waals surface area contributed by atoms with Crippen molar-refractivity contribution in [1.29, 1.82) is 0 Å². The van der Waals surface area contributed by atoms with Gasteiger partial charge in [0.1, 0.15) is 5.82 Å². The Balaban J connectivity index is 1.97. The molecule has 0 spiro atoms. The van der Waals surface area contributed by atoms with Crippen molar-refractivity contribution in [1.82, 2.24) is 5.32 Å². The number of anilines is 1. The zero-order valence-electron chi connectivity index (χ0n) is 14.9. The standard InChI is InChI=1S/C19H23FN2O3S/c1-3-15-8-10-17(11-9-15)22(26(2,24)25)13-12-21-19(23)14-16-6-4-5-7-18(16)20/h4-11H,3,12-14H2,1-2H3,(H,21,23). The van der Waals surface area contributed by atoms with Crippen molar-refractivity contribution in [3.63, 3.8) is 0 Å². The Labute approximate surface area is 153 Å². The molecule has 0 heterocycles. The van der Waals surface area contributed by atoms with Crippen molar-refractivity contribution in [2.45, 2.75) is 19.8 Å². The van der Waals surface area contributed by atoms with Gasteiger partial charge in [-0.3, -0.25) is 9.10 Å². The fourth-order valence-electron chi connectivity index (χ4n) is 2.56. The van der Waals surface area contributed by atoms with Gasteiger partial charge in [0.25, 0.3) is 0 Å². The molecule has 0 fully saturated rings. The molecule has 2 rings (SSSR count). The third-order valence-electron chi connectivity index (χ3n) is 3.98. The van der Waals surface area contributed by atoms with Crippen LogP contribution >= 0.6 is 0 Å². The Bertz CT molecular complexity index is 851. The van der Waals surface area contributed by atoms with Crippen molar-refractivity contribution in [2.75, 3.05) is 23.7 Å². The SMILES string of the molecule is CCc1ccc(N(CCNC(=O)Cc2ccccc2F)S(C)(=O)=O)cc1. The van der Waals surface area contributed by atoms with Crippen LogP contribution in [0.4, 0.5) is 10.1 Å². The number of hydrogen-bond acceptors (Lipinski definition) is 3. The number of hydrogen-bond donors (Lipinski definition) is 1.